The van der Waals surface area contributed by atoms with Crippen molar-refractivity contribution in [3.63, 3.8) is 0 Å². The van der Waals surface area contributed by atoms with Crippen LogP contribution in [-0.4, -0.2) is 41.3 Å². The zero-order valence-corrected chi connectivity index (χ0v) is 17.9. The van der Waals surface area contributed by atoms with Gasteiger partial charge < -0.3 is 14.6 Å². The summed E-state index contributed by atoms with van der Waals surface area (Å²) in [5.41, 5.74) is 0.0489. The molecule has 5 atom stereocenters. The first-order valence-electron chi connectivity index (χ1n) is 9.34. The highest BCUT2D eigenvalue weighted by molar-refractivity contribution is 9.11. The maximum atomic E-state index is 12.9. The van der Waals surface area contributed by atoms with E-state index in [2.05, 4.69) is 15.9 Å². The molecule has 0 unspecified atom stereocenters. The zero-order chi connectivity index (χ0) is 20.2. The van der Waals surface area contributed by atoms with Gasteiger partial charge in [-0.2, -0.15) is 0 Å². The molecule has 0 aromatic carbocycles. The third kappa shape index (κ3) is 5.62. The van der Waals surface area contributed by atoms with Gasteiger partial charge in [-0.25, -0.2) is 0 Å². The normalized spacial score (nSPS) is 37.4. The predicted molar refractivity (Wildman–Crippen MR) is 107 cm³/mol. The number of ketones is 1. The third-order valence-corrected chi connectivity index (χ3v) is 5.68. The Hall–Kier alpha value is -1.24. The molecule has 5 nitrogen and oxygen atoms in total. The van der Waals surface area contributed by atoms with E-state index >= 15 is 0 Å². The number of aliphatic hydroxyl groups excluding tert-OH is 1. The Morgan fingerprint density at radius 1 is 1.26 bits per heavy atom. The van der Waals surface area contributed by atoms with E-state index in [0.717, 1.165) is 5.57 Å². The minimum Gasteiger partial charge on any atom is -0.457 e. The van der Waals surface area contributed by atoms with Crippen molar-refractivity contribution in [3.8, 4) is 0 Å². The van der Waals surface area contributed by atoms with Crippen molar-refractivity contribution in [1.82, 2.24) is 0 Å². The Kier molecular flexibility index (Phi) is 7.60. The first-order chi connectivity index (χ1) is 12.6. The van der Waals surface area contributed by atoms with Crippen molar-refractivity contribution in [2.45, 2.75) is 71.4 Å². The lowest BCUT2D eigenvalue weighted by atomic mass is 9.76. The fraction of sp³-hybridized carbons (Fsp3) is 0.619. The molecule has 0 radical (unpaired) electrons. The summed E-state index contributed by atoms with van der Waals surface area (Å²) in [6.07, 6.45) is 6.17. The van der Waals surface area contributed by atoms with Crippen molar-refractivity contribution < 1.29 is 24.2 Å². The minimum atomic E-state index is -0.784. The van der Waals surface area contributed by atoms with Crippen LogP contribution in [0.2, 0.25) is 0 Å². The molecule has 1 N–H and O–H groups in total. The molecule has 0 spiro atoms. The average Bonchev–Trinajstić information content (AvgIpc) is 2.59. The van der Waals surface area contributed by atoms with E-state index in [-0.39, 0.29) is 11.8 Å². The number of hydrogen-bond acceptors (Lipinski definition) is 5. The number of rotatable bonds is 2. The minimum absolute atomic E-state index is 0.0412. The summed E-state index contributed by atoms with van der Waals surface area (Å²) in [6, 6.07) is 0. The molecule has 0 amide bonds. The van der Waals surface area contributed by atoms with Crippen LogP contribution < -0.4 is 0 Å². The monoisotopic (exact) mass is 440 g/mol. The first kappa shape index (κ1) is 22.1. The van der Waals surface area contributed by atoms with Crippen LogP contribution in [-0.2, 0) is 19.1 Å². The molecular weight excluding hydrogens is 412 g/mol. The molecule has 0 aliphatic carbocycles. The molecule has 27 heavy (non-hydrogen) atoms. The average molecular weight is 441 g/mol. The van der Waals surface area contributed by atoms with Gasteiger partial charge >= 0.3 is 5.97 Å². The Balaban J connectivity index is 2.39. The molecule has 6 heteroatoms. The van der Waals surface area contributed by atoms with Gasteiger partial charge in [-0.15, -0.1) is 0 Å². The summed E-state index contributed by atoms with van der Waals surface area (Å²) in [5.74, 6) is -0.928. The molecular formula is C21H29BrO5. The van der Waals surface area contributed by atoms with Crippen LogP contribution in [0.15, 0.2) is 34.9 Å². The lowest BCUT2D eigenvalue weighted by molar-refractivity contribution is -0.178. The van der Waals surface area contributed by atoms with E-state index in [9.17, 15) is 14.7 Å². The van der Waals surface area contributed by atoms with Crippen LogP contribution in [0, 0.1) is 11.3 Å². The number of aliphatic hydroxyl groups is 1. The Labute approximate surface area is 169 Å². The van der Waals surface area contributed by atoms with Crippen molar-refractivity contribution in [3.05, 3.63) is 34.9 Å². The zero-order valence-electron chi connectivity index (χ0n) is 16.4. The van der Waals surface area contributed by atoms with Gasteiger partial charge in [-0.05, 0) is 31.0 Å². The maximum absolute atomic E-state index is 12.9. The predicted octanol–water partition coefficient (Wildman–Crippen LogP) is 3.85. The standard InChI is InChI=1S/C21H29BrO5/c1-13-9-16(7-5-6-8-22)26-20(25)14(2)17-11-15(23)12-19(27-17)21(3,4)18(24)10-13/h5-8,10,14-17,19,23H,9,11-12H2,1-4H3/b7-5+,8-6+,13-10+/t14-,15+,16-,17-,19+/m0/s1. The second-order valence-corrected chi connectivity index (χ2v) is 8.57. The Morgan fingerprint density at radius 2 is 1.96 bits per heavy atom. The van der Waals surface area contributed by atoms with E-state index in [1.807, 2.05) is 20.8 Å². The highest BCUT2D eigenvalue weighted by Gasteiger charge is 2.44. The number of esters is 1. The lowest BCUT2D eigenvalue weighted by Crippen LogP contribution is -2.49. The molecule has 1 fully saturated rings. The largest absolute Gasteiger partial charge is 0.457 e. The van der Waals surface area contributed by atoms with Crippen molar-refractivity contribution in [1.29, 1.82) is 0 Å². The summed E-state index contributed by atoms with van der Waals surface area (Å²) < 4.78 is 11.8. The van der Waals surface area contributed by atoms with Crippen LogP contribution >= 0.6 is 15.9 Å². The number of carbonyl (C=O) groups is 2. The molecule has 0 saturated carbocycles. The number of fused-ring (bicyclic) bond motifs is 2. The van der Waals surface area contributed by atoms with Crippen LogP contribution in [0.5, 0.6) is 0 Å². The van der Waals surface area contributed by atoms with E-state index < -0.39 is 35.7 Å². The van der Waals surface area contributed by atoms with E-state index in [4.69, 9.17) is 9.47 Å². The fourth-order valence-corrected chi connectivity index (χ4v) is 3.63. The number of cyclic esters (lactones) is 1. The van der Waals surface area contributed by atoms with Crippen LogP contribution in [0.25, 0.3) is 0 Å². The second-order valence-electron chi connectivity index (χ2n) is 8.04. The Bertz CT molecular complexity index is 649. The van der Waals surface area contributed by atoms with E-state index in [1.165, 1.54) is 0 Å². The number of halogens is 1. The van der Waals surface area contributed by atoms with Crippen LogP contribution in [0.3, 0.4) is 0 Å². The van der Waals surface area contributed by atoms with Crippen LogP contribution in [0.4, 0.5) is 0 Å². The lowest BCUT2D eigenvalue weighted by Gasteiger charge is -2.42. The molecule has 0 aromatic rings. The molecule has 1 saturated heterocycles. The fourth-order valence-electron chi connectivity index (χ4n) is 3.45. The summed E-state index contributed by atoms with van der Waals surface area (Å²) in [4.78, 5) is 27.3. The molecule has 2 heterocycles. The third-order valence-electron chi connectivity index (χ3n) is 5.38. The molecule has 2 aliphatic heterocycles. The van der Waals surface area contributed by atoms with Gasteiger partial charge in [0.2, 0.25) is 0 Å². The van der Waals surface area contributed by atoms with Crippen molar-refractivity contribution >= 4 is 27.7 Å². The van der Waals surface area contributed by atoms with Gasteiger partial charge in [0.05, 0.1) is 29.6 Å². The Morgan fingerprint density at radius 3 is 2.63 bits per heavy atom. The number of hydrogen-bond donors (Lipinski definition) is 1. The smallest absolute Gasteiger partial charge is 0.311 e. The maximum Gasteiger partial charge on any atom is 0.311 e. The van der Waals surface area contributed by atoms with Gasteiger partial charge in [0.1, 0.15) is 6.10 Å². The summed E-state index contributed by atoms with van der Waals surface area (Å²) in [5, 5.41) is 10.3. The van der Waals surface area contributed by atoms with Gasteiger partial charge in [0, 0.05) is 19.3 Å². The molecule has 2 rings (SSSR count). The van der Waals surface area contributed by atoms with Gasteiger partial charge in [0.25, 0.3) is 0 Å². The summed E-state index contributed by atoms with van der Waals surface area (Å²) in [6.45, 7) is 7.29. The number of carbonyl (C=O) groups excluding carboxylic acids is 2. The van der Waals surface area contributed by atoms with Crippen LogP contribution in [0.1, 0.15) is 47.0 Å². The van der Waals surface area contributed by atoms with Crippen molar-refractivity contribution in [2.24, 2.45) is 11.3 Å². The highest BCUT2D eigenvalue weighted by Crippen LogP contribution is 2.37. The van der Waals surface area contributed by atoms with Gasteiger partial charge in [0.15, 0.2) is 5.78 Å². The first-order valence-corrected chi connectivity index (χ1v) is 10.3. The van der Waals surface area contributed by atoms with Gasteiger partial charge in [-0.1, -0.05) is 47.5 Å². The van der Waals surface area contributed by atoms with Gasteiger partial charge in [-0.3, -0.25) is 9.59 Å². The topological polar surface area (TPSA) is 72.8 Å². The van der Waals surface area contributed by atoms with E-state index in [0.29, 0.717) is 19.3 Å². The molecule has 2 bridgehead atoms. The second kappa shape index (κ2) is 9.30. The quantitative estimate of drug-likeness (QED) is 0.521. The molecule has 0 aromatic heterocycles. The summed E-state index contributed by atoms with van der Waals surface area (Å²) >= 11 is 3.20. The van der Waals surface area contributed by atoms with E-state index in [1.54, 1.807) is 36.2 Å². The molecule has 150 valence electrons. The SMILES string of the molecule is C/C1=C\C(=O)C(C)(C)[C@H]2C[C@H](O)C[C@H](O2)[C@H](C)C(=O)O[C@@H](/C=C/C=C/Br)C1. The number of ether oxygens (including phenoxy) is 2. The highest BCUT2D eigenvalue weighted by atomic mass is 79.9. The number of allylic oxidation sites excluding steroid dienone is 3. The van der Waals surface area contributed by atoms with Crippen molar-refractivity contribution in [2.75, 3.05) is 0 Å². The molecule has 2 aliphatic rings. The summed E-state index contributed by atoms with van der Waals surface area (Å²) in [7, 11) is 0.